The van der Waals surface area contributed by atoms with E-state index in [0.717, 1.165) is 22.1 Å². The maximum absolute atomic E-state index is 13.0. The molecule has 8 nitrogen and oxygen atoms in total. The van der Waals surface area contributed by atoms with Gasteiger partial charge in [0.25, 0.3) is 5.56 Å². The van der Waals surface area contributed by atoms with Crippen molar-refractivity contribution in [2.75, 3.05) is 11.1 Å². The van der Waals surface area contributed by atoms with Gasteiger partial charge < -0.3 is 5.32 Å². The number of carbonyl (C=O) groups excluding carboxylic acids is 1. The first-order valence-electron chi connectivity index (χ1n) is 10.6. The van der Waals surface area contributed by atoms with Crippen LogP contribution in [0.25, 0.3) is 11.4 Å². The first-order chi connectivity index (χ1) is 15.9. The van der Waals surface area contributed by atoms with E-state index in [0.29, 0.717) is 17.1 Å². The van der Waals surface area contributed by atoms with Crippen LogP contribution in [0.5, 0.6) is 0 Å². The molecule has 0 spiro atoms. The molecular weight excluding hydrogens is 436 g/mol. The number of aryl methyl sites for hydroxylation is 2. The Morgan fingerprint density at radius 2 is 1.85 bits per heavy atom. The van der Waals surface area contributed by atoms with E-state index in [9.17, 15) is 9.59 Å². The lowest BCUT2D eigenvalue weighted by atomic mass is 10.1. The average Bonchev–Trinajstić information content (AvgIpc) is 3.33. The molecule has 0 radical (unpaired) electrons. The van der Waals surface area contributed by atoms with Gasteiger partial charge in [0.1, 0.15) is 12.0 Å². The number of rotatable bonds is 7. The summed E-state index contributed by atoms with van der Waals surface area (Å²) in [6.45, 7) is 5.92. The third kappa shape index (κ3) is 4.63. The number of amides is 1. The molecule has 2 aromatic carbocycles. The summed E-state index contributed by atoms with van der Waals surface area (Å²) >= 11 is 1.45. The van der Waals surface area contributed by atoms with Crippen molar-refractivity contribution in [3.63, 3.8) is 0 Å². The van der Waals surface area contributed by atoms with E-state index in [-0.39, 0.29) is 17.9 Å². The number of nitrogens with one attached hydrogen (secondary N) is 1. The van der Waals surface area contributed by atoms with Gasteiger partial charge in [0.2, 0.25) is 5.91 Å². The van der Waals surface area contributed by atoms with Crippen LogP contribution in [-0.2, 0) is 11.8 Å². The Morgan fingerprint density at radius 1 is 1.09 bits per heavy atom. The number of benzene rings is 2. The van der Waals surface area contributed by atoms with E-state index in [1.54, 1.807) is 22.7 Å². The fourth-order valence-electron chi connectivity index (χ4n) is 3.71. The molecule has 0 bridgehead atoms. The van der Waals surface area contributed by atoms with Gasteiger partial charge in [-0.3, -0.25) is 18.8 Å². The van der Waals surface area contributed by atoms with Crippen LogP contribution in [0.15, 0.2) is 64.8 Å². The van der Waals surface area contributed by atoms with Gasteiger partial charge >= 0.3 is 0 Å². The number of aromatic nitrogens is 5. The second kappa shape index (κ2) is 9.50. The van der Waals surface area contributed by atoms with Crippen LogP contribution < -0.4 is 10.9 Å². The summed E-state index contributed by atoms with van der Waals surface area (Å²) in [5.41, 5.74) is 4.82. The quantitative estimate of drug-likeness (QED) is 0.422. The van der Waals surface area contributed by atoms with Crippen molar-refractivity contribution in [1.82, 2.24) is 24.1 Å². The van der Waals surface area contributed by atoms with Crippen LogP contribution in [0.3, 0.4) is 0 Å². The molecule has 4 aromatic rings. The van der Waals surface area contributed by atoms with Crippen LogP contribution in [0.4, 0.5) is 5.69 Å². The number of hydrogen-bond acceptors (Lipinski definition) is 5. The lowest BCUT2D eigenvalue weighted by Crippen LogP contribution is -2.23. The Labute approximate surface area is 196 Å². The molecule has 0 unspecified atom stereocenters. The molecule has 0 saturated heterocycles. The van der Waals surface area contributed by atoms with Gasteiger partial charge in [0, 0.05) is 19.2 Å². The highest BCUT2D eigenvalue weighted by Gasteiger charge is 2.18. The number of anilines is 1. The monoisotopic (exact) mass is 462 g/mol. The van der Waals surface area contributed by atoms with Crippen LogP contribution in [0, 0.1) is 20.8 Å². The number of carbonyl (C=O) groups is 1. The molecule has 170 valence electrons. The van der Waals surface area contributed by atoms with E-state index < -0.39 is 0 Å². The molecule has 0 fully saturated rings. The second-order valence-corrected chi connectivity index (χ2v) is 8.92. The van der Waals surface area contributed by atoms with Gasteiger partial charge in [0.05, 0.1) is 17.1 Å². The molecule has 1 amide bonds. The number of nitrogens with zero attached hydrogens (tertiary/aromatic N) is 5. The van der Waals surface area contributed by atoms with E-state index >= 15 is 0 Å². The molecule has 1 N–H and O–H groups in total. The highest BCUT2D eigenvalue weighted by atomic mass is 32.2. The fraction of sp³-hybridized carbons (Fsp3) is 0.250. The van der Waals surface area contributed by atoms with Crippen LogP contribution in [0.2, 0.25) is 0 Å². The maximum atomic E-state index is 13.0. The molecule has 4 rings (SSSR count). The molecule has 0 aliphatic rings. The second-order valence-electron chi connectivity index (χ2n) is 7.86. The summed E-state index contributed by atoms with van der Waals surface area (Å²) in [7, 11) is 1.80. The summed E-state index contributed by atoms with van der Waals surface area (Å²) < 4.78 is 5.22. The summed E-state index contributed by atoms with van der Waals surface area (Å²) in [5, 5.41) is 11.8. The van der Waals surface area contributed by atoms with Gasteiger partial charge in [-0.25, -0.2) is 4.68 Å². The zero-order chi connectivity index (χ0) is 23.5. The number of para-hydroxylation sites is 1. The predicted molar refractivity (Wildman–Crippen MR) is 131 cm³/mol. The minimum Gasteiger partial charge on any atom is -0.320 e. The normalized spacial score (nSPS) is 11.0. The lowest BCUT2D eigenvalue weighted by Gasteiger charge is -2.10. The van der Waals surface area contributed by atoms with E-state index in [2.05, 4.69) is 41.5 Å². The van der Waals surface area contributed by atoms with Gasteiger partial charge in [0.15, 0.2) is 5.16 Å². The standard InChI is InChI=1S/C24H26N6O2S/c1-16-10-11-20(17(2)14-16)29-15-25-27-24(29)33-13-12-21(31)26-22-18(3)28(4)30(23(22)32)19-8-6-5-7-9-19/h5-11,14-15H,12-13H2,1-4H3,(H,26,31). The zero-order valence-corrected chi connectivity index (χ0v) is 19.9. The summed E-state index contributed by atoms with van der Waals surface area (Å²) in [4.78, 5) is 25.6. The Morgan fingerprint density at radius 3 is 2.58 bits per heavy atom. The minimum atomic E-state index is -0.253. The van der Waals surface area contributed by atoms with Gasteiger partial charge in [-0.15, -0.1) is 10.2 Å². The third-order valence-electron chi connectivity index (χ3n) is 5.51. The van der Waals surface area contributed by atoms with Crippen molar-refractivity contribution in [2.45, 2.75) is 32.3 Å². The van der Waals surface area contributed by atoms with Crippen LogP contribution in [0.1, 0.15) is 23.2 Å². The van der Waals surface area contributed by atoms with Crippen molar-refractivity contribution < 1.29 is 4.79 Å². The van der Waals surface area contributed by atoms with E-state index in [1.807, 2.05) is 47.9 Å². The Kier molecular flexibility index (Phi) is 6.50. The van der Waals surface area contributed by atoms with Crippen molar-refractivity contribution >= 4 is 23.4 Å². The Hall–Kier alpha value is -3.59. The zero-order valence-electron chi connectivity index (χ0n) is 19.1. The van der Waals surface area contributed by atoms with Crippen LogP contribution >= 0.6 is 11.8 Å². The highest BCUT2D eigenvalue weighted by molar-refractivity contribution is 7.99. The highest BCUT2D eigenvalue weighted by Crippen LogP contribution is 2.23. The first kappa shape index (κ1) is 22.6. The van der Waals surface area contributed by atoms with Gasteiger partial charge in [-0.2, -0.15) is 0 Å². The van der Waals surface area contributed by atoms with Crippen molar-refractivity contribution in [3.05, 3.63) is 82.0 Å². The van der Waals surface area contributed by atoms with Crippen LogP contribution in [-0.4, -0.2) is 35.8 Å². The smallest absolute Gasteiger partial charge is 0.295 e. The third-order valence-corrected chi connectivity index (χ3v) is 6.45. The summed E-state index contributed by atoms with van der Waals surface area (Å²) in [6, 6.07) is 15.6. The van der Waals surface area contributed by atoms with Crippen molar-refractivity contribution in [1.29, 1.82) is 0 Å². The molecule has 33 heavy (non-hydrogen) atoms. The topological polar surface area (TPSA) is 86.7 Å². The van der Waals surface area contributed by atoms with Gasteiger partial charge in [-0.1, -0.05) is 47.7 Å². The van der Waals surface area contributed by atoms with Crippen molar-refractivity contribution in [3.8, 4) is 11.4 Å². The number of hydrogen-bond donors (Lipinski definition) is 1. The summed E-state index contributed by atoms with van der Waals surface area (Å²) in [6.07, 6.45) is 1.92. The molecule has 0 atom stereocenters. The molecule has 0 aliphatic heterocycles. The first-order valence-corrected chi connectivity index (χ1v) is 11.6. The average molecular weight is 463 g/mol. The van der Waals surface area contributed by atoms with Crippen molar-refractivity contribution in [2.24, 2.45) is 7.05 Å². The minimum absolute atomic E-state index is 0.217. The summed E-state index contributed by atoms with van der Waals surface area (Å²) in [5.74, 6) is 0.292. The SMILES string of the molecule is Cc1ccc(-n2cnnc2SCCC(=O)Nc2c(C)n(C)n(-c3ccccc3)c2=O)c(C)c1. The molecular formula is C24H26N6O2S. The predicted octanol–water partition coefficient (Wildman–Crippen LogP) is 3.80. The van der Waals surface area contributed by atoms with E-state index in [4.69, 9.17) is 0 Å². The maximum Gasteiger partial charge on any atom is 0.295 e. The van der Waals surface area contributed by atoms with E-state index in [1.165, 1.54) is 17.3 Å². The largest absolute Gasteiger partial charge is 0.320 e. The lowest BCUT2D eigenvalue weighted by molar-refractivity contribution is -0.115. The van der Waals surface area contributed by atoms with Gasteiger partial charge in [-0.05, 0) is 44.5 Å². The molecule has 2 heterocycles. The molecule has 9 heteroatoms. The molecule has 0 saturated carbocycles. The fourth-order valence-corrected chi connectivity index (χ4v) is 4.57. The number of thioether (sulfide) groups is 1. The Bertz CT molecular complexity index is 1350. The molecule has 0 aliphatic carbocycles. The Balaban J connectivity index is 1.43. The molecule has 2 aromatic heterocycles.